The third-order valence-electron chi connectivity index (χ3n) is 5.73. The maximum Gasteiger partial charge on any atom is 0.341 e. The Morgan fingerprint density at radius 1 is 1.12 bits per heavy atom. The summed E-state index contributed by atoms with van der Waals surface area (Å²) < 4.78 is 10.5. The Kier molecular flexibility index (Phi) is 7.84. The Hall–Kier alpha value is -3.33. The van der Waals surface area contributed by atoms with Crippen molar-refractivity contribution in [3.05, 3.63) is 65.2 Å². The molecule has 1 aromatic carbocycles. The van der Waals surface area contributed by atoms with Crippen molar-refractivity contribution in [2.24, 2.45) is 0 Å². The van der Waals surface area contributed by atoms with E-state index in [1.807, 2.05) is 38.1 Å². The van der Waals surface area contributed by atoms with Crippen LogP contribution in [0.5, 0.6) is 0 Å². The van der Waals surface area contributed by atoms with E-state index >= 15 is 0 Å². The summed E-state index contributed by atoms with van der Waals surface area (Å²) in [5, 5.41) is 7.26. The SMILES string of the molecule is Cc1noc(C)c1CSc1ncccc1C(=O)OCC(=O)Nc1ccc(N2CCCCC2)cc1. The van der Waals surface area contributed by atoms with Crippen molar-refractivity contribution >= 4 is 35.0 Å². The van der Waals surface area contributed by atoms with Crippen LogP contribution in [0.25, 0.3) is 0 Å². The highest BCUT2D eigenvalue weighted by atomic mass is 32.2. The van der Waals surface area contributed by atoms with Crippen molar-refractivity contribution in [2.45, 2.75) is 43.9 Å². The molecule has 0 bridgehead atoms. The summed E-state index contributed by atoms with van der Waals surface area (Å²) in [4.78, 5) is 31.6. The lowest BCUT2D eigenvalue weighted by molar-refractivity contribution is -0.119. The first-order valence-corrected chi connectivity index (χ1v) is 12.3. The number of nitrogens with zero attached hydrogens (tertiary/aromatic N) is 3. The lowest BCUT2D eigenvalue weighted by Crippen LogP contribution is -2.29. The van der Waals surface area contributed by atoms with Gasteiger partial charge in [-0.1, -0.05) is 5.16 Å². The second-order valence-electron chi connectivity index (χ2n) is 8.17. The largest absolute Gasteiger partial charge is 0.452 e. The number of carbonyl (C=O) groups is 2. The van der Waals surface area contributed by atoms with Crippen molar-refractivity contribution in [3.8, 4) is 0 Å². The van der Waals surface area contributed by atoms with E-state index in [2.05, 4.69) is 20.4 Å². The molecule has 1 aliphatic heterocycles. The molecule has 0 aliphatic carbocycles. The highest BCUT2D eigenvalue weighted by molar-refractivity contribution is 7.98. The number of anilines is 2. The smallest absolute Gasteiger partial charge is 0.341 e. The van der Waals surface area contributed by atoms with E-state index in [0.29, 0.717) is 22.0 Å². The van der Waals surface area contributed by atoms with Crippen LogP contribution in [0.2, 0.25) is 0 Å². The molecule has 0 atom stereocenters. The summed E-state index contributed by atoms with van der Waals surface area (Å²) in [5.74, 6) is 0.315. The molecule has 4 rings (SSSR count). The fraction of sp³-hybridized carbons (Fsp3) is 0.360. The van der Waals surface area contributed by atoms with Crippen molar-refractivity contribution in [1.82, 2.24) is 10.1 Å². The minimum Gasteiger partial charge on any atom is -0.452 e. The van der Waals surface area contributed by atoms with Gasteiger partial charge in [0.25, 0.3) is 5.91 Å². The van der Waals surface area contributed by atoms with E-state index in [1.165, 1.54) is 31.0 Å². The van der Waals surface area contributed by atoms with Gasteiger partial charge in [-0.25, -0.2) is 9.78 Å². The predicted molar refractivity (Wildman–Crippen MR) is 131 cm³/mol. The van der Waals surface area contributed by atoms with Crippen LogP contribution in [-0.4, -0.2) is 41.7 Å². The number of esters is 1. The first kappa shape index (κ1) is 23.8. The topological polar surface area (TPSA) is 97.6 Å². The molecule has 34 heavy (non-hydrogen) atoms. The summed E-state index contributed by atoms with van der Waals surface area (Å²) >= 11 is 1.39. The Bertz CT molecular complexity index is 1120. The molecule has 3 aromatic rings. The maximum absolute atomic E-state index is 12.6. The molecule has 1 fully saturated rings. The highest BCUT2D eigenvalue weighted by Gasteiger charge is 2.18. The van der Waals surface area contributed by atoms with Crippen LogP contribution in [0.3, 0.4) is 0 Å². The van der Waals surface area contributed by atoms with Crippen molar-refractivity contribution < 1.29 is 18.8 Å². The van der Waals surface area contributed by atoms with Gasteiger partial charge >= 0.3 is 5.97 Å². The number of nitrogens with one attached hydrogen (secondary N) is 1. The average Bonchev–Trinajstić information content (AvgIpc) is 3.19. The standard InChI is InChI=1S/C25H28N4O4S/c1-17-22(18(2)33-28-17)16-34-24-21(7-6-12-26-24)25(31)32-15-23(30)27-19-8-10-20(11-9-19)29-13-4-3-5-14-29/h6-12H,3-5,13-16H2,1-2H3,(H,27,30). The quantitative estimate of drug-likeness (QED) is 0.364. The minimum absolute atomic E-state index is 0.318. The van der Waals surface area contributed by atoms with Gasteiger partial charge in [0, 0.05) is 42.0 Å². The van der Waals surface area contributed by atoms with Gasteiger partial charge < -0.3 is 19.5 Å². The number of rotatable bonds is 8. The molecule has 3 heterocycles. The summed E-state index contributed by atoms with van der Waals surface area (Å²) in [6, 6.07) is 11.1. The molecule has 178 valence electrons. The van der Waals surface area contributed by atoms with E-state index < -0.39 is 11.9 Å². The molecule has 2 aromatic heterocycles. The molecule has 9 heteroatoms. The van der Waals surface area contributed by atoms with E-state index in [-0.39, 0.29) is 6.61 Å². The number of benzene rings is 1. The fourth-order valence-corrected chi connectivity index (χ4v) is 4.96. The molecule has 0 radical (unpaired) electrons. The average molecular weight is 481 g/mol. The zero-order chi connectivity index (χ0) is 23.9. The number of carbonyl (C=O) groups excluding carboxylic acids is 2. The molecule has 1 aliphatic rings. The van der Waals surface area contributed by atoms with Gasteiger partial charge in [0.1, 0.15) is 10.8 Å². The third-order valence-corrected chi connectivity index (χ3v) is 6.76. The van der Waals surface area contributed by atoms with Gasteiger partial charge in [0.15, 0.2) is 6.61 Å². The number of hydrogen-bond donors (Lipinski definition) is 1. The third kappa shape index (κ3) is 5.96. The van der Waals surface area contributed by atoms with Crippen molar-refractivity contribution in [1.29, 1.82) is 0 Å². The number of hydrogen-bond acceptors (Lipinski definition) is 8. The van der Waals surface area contributed by atoms with Crippen LogP contribution in [0.15, 0.2) is 52.1 Å². The van der Waals surface area contributed by atoms with Gasteiger partial charge in [-0.2, -0.15) is 0 Å². The van der Waals surface area contributed by atoms with E-state index in [0.717, 1.165) is 35.8 Å². The van der Waals surface area contributed by atoms with E-state index in [9.17, 15) is 9.59 Å². The molecule has 0 unspecified atom stereocenters. The van der Waals surface area contributed by atoms with Crippen LogP contribution < -0.4 is 10.2 Å². The summed E-state index contributed by atoms with van der Waals surface area (Å²) in [5.41, 5.74) is 3.92. The lowest BCUT2D eigenvalue weighted by atomic mass is 10.1. The Balaban J connectivity index is 1.30. The number of piperidine rings is 1. The van der Waals surface area contributed by atoms with Crippen LogP contribution in [-0.2, 0) is 15.3 Å². The summed E-state index contributed by atoms with van der Waals surface area (Å²) in [7, 11) is 0. The fourth-order valence-electron chi connectivity index (χ4n) is 3.82. The van der Waals surface area contributed by atoms with Gasteiger partial charge in [-0.3, -0.25) is 4.79 Å². The second kappa shape index (κ2) is 11.2. The van der Waals surface area contributed by atoms with E-state index in [4.69, 9.17) is 9.26 Å². The van der Waals surface area contributed by atoms with Crippen molar-refractivity contribution in [3.63, 3.8) is 0 Å². The lowest BCUT2D eigenvalue weighted by Gasteiger charge is -2.28. The Morgan fingerprint density at radius 2 is 1.88 bits per heavy atom. The highest BCUT2D eigenvalue weighted by Crippen LogP contribution is 2.27. The molecule has 0 saturated carbocycles. The van der Waals surface area contributed by atoms with E-state index in [1.54, 1.807) is 18.3 Å². The number of thioether (sulfide) groups is 1. The second-order valence-corrected chi connectivity index (χ2v) is 9.13. The zero-order valence-electron chi connectivity index (χ0n) is 19.4. The van der Waals surface area contributed by atoms with Gasteiger partial charge in [0.2, 0.25) is 0 Å². The van der Waals surface area contributed by atoms with Crippen LogP contribution in [0.1, 0.15) is 46.6 Å². The zero-order valence-corrected chi connectivity index (χ0v) is 20.2. The monoisotopic (exact) mass is 480 g/mol. The maximum atomic E-state index is 12.6. The summed E-state index contributed by atoms with van der Waals surface area (Å²) in [6.07, 6.45) is 5.32. The molecule has 0 spiro atoms. The van der Waals surface area contributed by atoms with Crippen LogP contribution in [0, 0.1) is 13.8 Å². The molecule has 8 nitrogen and oxygen atoms in total. The van der Waals surface area contributed by atoms with Gasteiger partial charge in [0.05, 0.1) is 11.3 Å². The number of aryl methyl sites for hydroxylation is 2. The molecular weight excluding hydrogens is 452 g/mol. The molecular formula is C25H28N4O4S. The van der Waals surface area contributed by atoms with Gasteiger partial charge in [-0.15, -0.1) is 11.8 Å². The first-order chi connectivity index (χ1) is 16.5. The van der Waals surface area contributed by atoms with Gasteiger partial charge in [-0.05, 0) is 69.5 Å². The molecule has 1 amide bonds. The Labute approximate surface area is 203 Å². The number of pyridine rings is 1. The predicted octanol–water partition coefficient (Wildman–Crippen LogP) is 4.76. The minimum atomic E-state index is -0.593. The number of ether oxygens (including phenoxy) is 1. The normalized spacial score (nSPS) is 13.5. The molecule has 1 saturated heterocycles. The molecule has 1 N–H and O–H groups in total. The Morgan fingerprint density at radius 3 is 2.59 bits per heavy atom. The first-order valence-electron chi connectivity index (χ1n) is 11.3. The summed E-state index contributed by atoms with van der Waals surface area (Å²) in [6.45, 7) is 5.47. The van der Waals surface area contributed by atoms with Crippen LogP contribution in [0.4, 0.5) is 11.4 Å². The number of amides is 1. The number of aromatic nitrogens is 2. The van der Waals surface area contributed by atoms with Crippen molar-refractivity contribution in [2.75, 3.05) is 29.9 Å². The van der Waals surface area contributed by atoms with Crippen LogP contribution >= 0.6 is 11.8 Å².